The van der Waals surface area contributed by atoms with Gasteiger partial charge in [-0.1, -0.05) is 6.92 Å². The van der Waals surface area contributed by atoms with E-state index in [0.717, 1.165) is 12.5 Å². The Bertz CT molecular complexity index is 653. The second-order valence-electron chi connectivity index (χ2n) is 4.66. The van der Waals surface area contributed by atoms with Crippen LogP contribution in [0.1, 0.15) is 23.7 Å². The Morgan fingerprint density at radius 2 is 1.76 bits per heavy atom. The van der Waals surface area contributed by atoms with Gasteiger partial charge < -0.3 is 14.6 Å². The van der Waals surface area contributed by atoms with E-state index in [0.29, 0.717) is 24.0 Å². The molecule has 0 saturated carbocycles. The van der Waals surface area contributed by atoms with Gasteiger partial charge in [-0.05, 0) is 30.7 Å². The minimum absolute atomic E-state index is 0.338. The van der Waals surface area contributed by atoms with Crippen LogP contribution in [0, 0.1) is 0 Å². The molecule has 2 amide bonds. The number of amides is 2. The summed E-state index contributed by atoms with van der Waals surface area (Å²) in [5.41, 5.74) is 4.40. The van der Waals surface area contributed by atoms with Gasteiger partial charge in [0.1, 0.15) is 5.75 Å². The molecule has 134 valence electrons. The summed E-state index contributed by atoms with van der Waals surface area (Å²) in [4.78, 5) is 44.5. The van der Waals surface area contributed by atoms with Gasteiger partial charge in [0.05, 0.1) is 12.2 Å². The zero-order valence-electron chi connectivity index (χ0n) is 13.5. The van der Waals surface area contributed by atoms with E-state index in [-0.39, 0.29) is 6.61 Å². The maximum atomic E-state index is 11.6. The fourth-order valence-corrected chi connectivity index (χ4v) is 1.47. The van der Waals surface area contributed by atoms with E-state index < -0.39 is 23.8 Å². The van der Waals surface area contributed by atoms with Crippen LogP contribution >= 0.6 is 0 Å². The number of hydrogen-bond donors (Lipinski definition) is 3. The summed E-state index contributed by atoms with van der Waals surface area (Å²) in [6.45, 7) is 1.84. The number of carbonyl (C=O) groups is 4. The van der Waals surface area contributed by atoms with Crippen LogP contribution in [0.25, 0.3) is 0 Å². The molecular weight excluding hydrogens is 332 g/mol. The Labute approximate surface area is 143 Å². The van der Waals surface area contributed by atoms with Crippen molar-refractivity contribution in [1.82, 2.24) is 10.9 Å². The molecule has 0 unspecified atom stereocenters. The zero-order valence-corrected chi connectivity index (χ0v) is 13.5. The molecule has 3 N–H and O–H groups in total. The minimum Gasteiger partial charge on any atom is -0.484 e. The van der Waals surface area contributed by atoms with Crippen molar-refractivity contribution >= 4 is 23.8 Å². The highest BCUT2D eigenvalue weighted by atomic mass is 16.5. The molecule has 9 nitrogen and oxygen atoms in total. The second-order valence-corrected chi connectivity index (χ2v) is 4.66. The standard InChI is InChI=1S/C16H18N2O7/c1-2-9-24-16(23)11-3-5-12(6-4-11)25-10-14(20)18-17-13(19)7-8-15(21)22/h3-8H,2,9-10H2,1H3,(H,17,19)(H,18,20)(H,21,22)/b8-7+. The van der Waals surface area contributed by atoms with Gasteiger partial charge in [-0.25, -0.2) is 9.59 Å². The lowest BCUT2D eigenvalue weighted by atomic mass is 10.2. The smallest absolute Gasteiger partial charge is 0.338 e. The van der Waals surface area contributed by atoms with Crippen LogP contribution in [0.2, 0.25) is 0 Å². The summed E-state index contributed by atoms with van der Waals surface area (Å²) in [6, 6.07) is 6.02. The van der Waals surface area contributed by atoms with Crippen LogP contribution in [0.3, 0.4) is 0 Å². The lowest BCUT2D eigenvalue weighted by Gasteiger charge is -2.08. The van der Waals surface area contributed by atoms with Crippen molar-refractivity contribution in [2.75, 3.05) is 13.2 Å². The molecule has 1 aromatic carbocycles. The Morgan fingerprint density at radius 3 is 2.36 bits per heavy atom. The summed E-state index contributed by atoms with van der Waals surface area (Å²) < 4.78 is 10.2. The third-order valence-electron chi connectivity index (χ3n) is 2.60. The molecule has 0 saturated heterocycles. The quantitative estimate of drug-likeness (QED) is 0.352. The van der Waals surface area contributed by atoms with Gasteiger partial charge in [-0.2, -0.15) is 0 Å². The minimum atomic E-state index is -1.29. The first-order valence-electron chi connectivity index (χ1n) is 7.32. The first-order valence-corrected chi connectivity index (χ1v) is 7.32. The average Bonchev–Trinajstić information content (AvgIpc) is 2.61. The summed E-state index contributed by atoms with van der Waals surface area (Å²) in [6.07, 6.45) is 2.11. The van der Waals surface area contributed by atoms with Crippen LogP contribution < -0.4 is 15.6 Å². The number of carboxylic acids is 1. The Morgan fingerprint density at radius 1 is 1.08 bits per heavy atom. The Hall–Kier alpha value is -3.36. The number of benzene rings is 1. The van der Waals surface area contributed by atoms with Crippen molar-refractivity contribution in [3.05, 3.63) is 42.0 Å². The first-order chi connectivity index (χ1) is 11.9. The number of esters is 1. The molecule has 0 fully saturated rings. The highest BCUT2D eigenvalue weighted by Gasteiger charge is 2.08. The highest BCUT2D eigenvalue weighted by molar-refractivity contribution is 5.94. The SMILES string of the molecule is CCCOC(=O)c1ccc(OCC(=O)NNC(=O)/C=C/C(=O)O)cc1. The fourth-order valence-electron chi connectivity index (χ4n) is 1.47. The molecule has 25 heavy (non-hydrogen) atoms. The van der Waals surface area contributed by atoms with Gasteiger partial charge in [-0.3, -0.25) is 20.4 Å². The Balaban J connectivity index is 2.37. The number of rotatable bonds is 8. The lowest BCUT2D eigenvalue weighted by molar-refractivity contribution is -0.131. The number of hydrogen-bond acceptors (Lipinski definition) is 6. The molecule has 0 aliphatic rings. The molecular formula is C16H18N2O7. The van der Waals surface area contributed by atoms with Crippen molar-refractivity contribution in [2.45, 2.75) is 13.3 Å². The van der Waals surface area contributed by atoms with Crippen LogP contribution in [0.5, 0.6) is 5.75 Å². The molecule has 0 heterocycles. The van der Waals surface area contributed by atoms with Crippen LogP contribution in [-0.2, 0) is 19.1 Å². The van der Waals surface area contributed by atoms with Gasteiger partial charge in [0.2, 0.25) is 0 Å². The maximum absolute atomic E-state index is 11.6. The largest absolute Gasteiger partial charge is 0.484 e. The first kappa shape index (κ1) is 19.7. The fraction of sp³-hybridized carbons (Fsp3) is 0.250. The van der Waals surface area contributed by atoms with Gasteiger partial charge in [0, 0.05) is 12.2 Å². The molecule has 1 rings (SSSR count). The zero-order chi connectivity index (χ0) is 18.7. The normalized spacial score (nSPS) is 10.1. The lowest BCUT2D eigenvalue weighted by Crippen LogP contribution is -2.43. The summed E-state index contributed by atoms with van der Waals surface area (Å²) in [5.74, 6) is -2.83. The van der Waals surface area contributed by atoms with E-state index in [2.05, 4.69) is 0 Å². The van der Waals surface area contributed by atoms with E-state index in [1.165, 1.54) is 24.3 Å². The molecule has 0 aromatic heterocycles. The number of nitrogens with one attached hydrogen (secondary N) is 2. The monoisotopic (exact) mass is 350 g/mol. The molecule has 0 atom stereocenters. The van der Waals surface area contributed by atoms with Crippen LogP contribution in [0.4, 0.5) is 0 Å². The van der Waals surface area contributed by atoms with Crippen LogP contribution in [-0.4, -0.2) is 42.1 Å². The van der Waals surface area contributed by atoms with Crippen molar-refractivity contribution in [3.8, 4) is 5.75 Å². The predicted octanol–water partition coefficient (Wildman–Crippen LogP) is 0.420. The average molecular weight is 350 g/mol. The summed E-state index contributed by atoms with van der Waals surface area (Å²) in [5, 5.41) is 8.34. The maximum Gasteiger partial charge on any atom is 0.338 e. The topological polar surface area (TPSA) is 131 Å². The third kappa shape index (κ3) is 8.16. The van der Waals surface area contributed by atoms with E-state index in [1.54, 1.807) is 0 Å². The molecule has 1 aromatic rings. The van der Waals surface area contributed by atoms with Gasteiger partial charge in [0.25, 0.3) is 11.8 Å². The van der Waals surface area contributed by atoms with Gasteiger partial charge in [0.15, 0.2) is 6.61 Å². The highest BCUT2D eigenvalue weighted by Crippen LogP contribution is 2.12. The Kier molecular flexibility index (Phi) is 8.21. The molecule has 0 aliphatic heterocycles. The number of ether oxygens (including phenoxy) is 2. The van der Waals surface area contributed by atoms with Crippen LogP contribution in [0.15, 0.2) is 36.4 Å². The van der Waals surface area contributed by atoms with E-state index in [4.69, 9.17) is 14.6 Å². The number of hydrazine groups is 1. The molecule has 0 radical (unpaired) electrons. The van der Waals surface area contributed by atoms with Crippen molar-refractivity contribution in [2.24, 2.45) is 0 Å². The molecule has 9 heteroatoms. The van der Waals surface area contributed by atoms with E-state index in [9.17, 15) is 19.2 Å². The third-order valence-corrected chi connectivity index (χ3v) is 2.60. The summed E-state index contributed by atoms with van der Waals surface area (Å²) in [7, 11) is 0. The van der Waals surface area contributed by atoms with Crippen molar-refractivity contribution in [1.29, 1.82) is 0 Å². The van der Waals surface area contributed by atoms with Crippen molar-refractivity contribution < 1.29 is 33.8 Å². The molecule has 0 bridgehead atoms. The molecule has 0 aliphatic carbocycles. The molecule has 0 spiro atoms. The number of carboxylic acid groups (broad SMARTS) is 1. The van der Waals surface area contributed by atoms with Gasteiger partial charge in [-0.15, -0.1) is 0 Å². The van der Waals surface area contributed by atoms with Gasteiger partial charge >= 0.3 is 11.9 Å². The summed E-state index contributed by atoms with van der Waals surface area (Å²) >= 11 is 0. The number of carbonyl (C=O) groups excluding carboxylic acids is 3. The predicted molar refractivity (Wildman–Crippen MR) is 85.6 cm³/mol. The van der Waals surface area contributed by atoms with E-state index >= 15 is 0 Å². The number of aliphatic carboxylic acids is 1. The van der Waals surface area contributed by atoms with Crippen molar-refractivity contribution in [3.63, 3.8) is 0 Å². The van der Waals surface area contributed by atoms with E-state index in [1.807, 2.05) is 17.8 Å². The second kappa shape index (κ2) is 10.4.